The summed E-state index contributed by atoms with van der Waals surface area (Å²) in [5.41, 5.74) is 5.21. The maximum absolute atomic E-state index is 13.2. The second-order valence-electron chi connectivity index (χ2n) is 4.65. The molecule has 0 aliphatic rings. The van der Waals surface area contributed by atoms with Crippen LogP contribution in [0.1, 0.15) is 15.9 Å². The van der Waals surface area contributed by atoms with Crippen molar-refractivity contribution in [3.63, 3.8) is 0 Å². The predicted octanol–water partition coefficient (Wildman–Crippen LogP) is 2.49. The lowest BCUT2D eigenvalue weighted by Crippen LogP contribution is -2.42. The van der Waals surface area contributed by atoms with Gasteiger partial charge in [-0.15, -0.1) is 0 Å². The van der Waals surface area contributed by atoms with E-state index in [-0.39, 0.29) is 17.7 Å². The lowest BCUT2D eigenvalue weighted by Gasteiger charge is -2.10. The van der Waals surface area contributed by atoms with E-state index in [1.807, 2.05) is 0 Å². The van der Waals surface area contributed by atoms with Gasteiger partial charge in [0.25, 0.3) is 5.91 Å². The van der Waals surface area contributed by atoms with Crippen LogP contribution in [0, 0.1) is 5.82 Å². The Morgan fingerprint density at radius 2 is 1.83 bits per heavy atom. The highest BCUT2D eigenvalue weighted by Gasteiger charge is 2.14. The highest BCUT2D eigenvalue weighted by molar-refractivity contribution is 6.30. The average molecular weight is 337 g/mol. The predicted molar refractivity (Wildman–Crippen MR) is 83.7 cm³/mol. The van der Waals surface area contributed by atoms with Crippen molar-refractivity contribution in [2.24, 2.45) is 0 Å². The van der Waals surface area contributed by atoms with Crippen LogP contribution in [0.3, 0.4) is 0 Å². The van der Waals surface area contributed by atoms with Gasteiger partial charge in [-0.05, 0) is 35.9 Å². The number of hydrogen-bond donors (Lipinski definition) is 2. The van der Waals surface area contributed by atoms with Crippen molar-refractivity contribution < 1.29 is 18.7 Å². The zero-order chi connectivity index (χ0) is 16.8. The molecule has 0 radical (unpaired) electrons. The van der Waals surface area contributed by atoms with Crippen LogP contribution in [0.2, 0.25) is 5.02 Å². The Balaban J connectivity index is 1.95. The highest BCUT2D eigenvalue weighted by Crippen LogP contribution is 2.18. The van der Waals surface area contributed by atoms with Gasteiger partial charge in [0.15, 0.2) is 0 Å². The average Bonchev–Trinajstić information content (AvgIpc) is 2.54. The fourth-order valence-corrected chi connectivity index (χ4v) is 2.01. The first-order valence-corrected chi connectivity index (χ1v) is 7.04. The summed E-state index contributed by atoms with van der Waals surface area (Å²) in [5, 5.41) is 0.570. The largest absolute Gasteiger partial charge is 0.496 e. The number of benzene rings is 2. The lowest BCUT2D eigenvalue weighted by molar-refractivity contribution is -0.121. The second kappa shape index (κ2) is 7.60. The smallest absolute Gasteiger partial charge is 0.273 e. The first kappa shape index (κ1) is 16.8. The number of ether oxygens (including phenoxy) is 1. The molecule has 0 unspecified atom stereocenters. The molecule has 7 heteroatoms. The molecule has 0 saturated heterocycles. The van der Waals surface area contributed by atoms with E-state index in [0.717, 1.165) is 11.6 Å². The molecule has 120 valence electrons. The second-order valence-corrected chi connectivity index (χ2v) is 5.09. The van der Waals surface area contributed by atoms with Crippen LogP contribution in [0.4, 0.5) is 4.39 Å². The van der Waals surface area contributed by atoms with E-state index in [9.17, 15) is 14.0 Å². The van der Waals surface area contributed by atoms with Gasteiger partial charge < -0.3 is 4.74 Å². The number of amides is 2. The van der Waals surface area contributed by atoms with Crippen molar-refractivity contribution in [1.82, 2.24) is 10.9 Å². The van der Waals surface area contributed by atoms with E-state index >= 15 is 0 Å². The Labute approximate surface area is 137 Å². The van der Waals surface area contributed by atoms with Crippen molar-refractivity contribution in [2.45, 2.75) is 6.42 Å². The van der Waals surface area contributed by atoms with Crippen LogP contribution in [0.15, 0.2) is 42.5 Å². The lowest BCUT2D eigenvalue weighted by atomic mass is 10.1. The van der Waals surface area contributed by atoms with E-state index in [4.69, 9.17) is 16.3 Å². The van der Waals surface area contributed by atoms with Gasteiger partial charge in [0.2, 0.25) is 5.91 Å². The molecule has 2 amide bonds. The minimum atomic E-state index is -0.675. The molecule has 0 aromatic heterocycles. The van der Waals surface area contributed by atoms with Crippen molar-refractivity contribution in [1.29, 1.82) is 0 Å². The zero-order valence-electron chi connectivity index (χ0n) is 12.2. The molecule has 2 N–H and O–H groups in total. The molecule has 0 bridgehead atoms. The number of hydrazine groups is 1. The molecule has 0 heterocycles. The molecule has 2 rings (SSSR count). The molecule has 23 heavy (non-hydrogen) atoms. The van der Waals surface area contributed by atoms with Gasteiger partial charge in [-0.25, -0.2) is 4.39 Å². The third-order valence-electron chi connectivity index (χ3n) is 3.00. The minimum Gasteiger partial charge on any atom is -0.496 e. The van der Waals surface area contributed by atoms with Gasteiger partial charge in [-0.3, -0.25) is 20.4 Å². The summed E-state index contributed by atoms with van der Waals surface area (Å²) in [6.45, 7) is 0. The minimum absolute atomic E-state index is 0.0145. The molecule has 0 saturated carbocycles. The third kappa shape index (κ3) is 4.69. The van der Waals surface area contributed by atoms with Crippen LogP contribution in [0.5, 0.6) is 5.75 Å². The summed E-state index contributed by atoms with van der Waals surface area (Å²) in [6.07, 6.45) is 0.0672. The summed E-state index contributed by atoms with van der Waals surface area (Å²) in [4.78, 5) is 23.8. The molecular formula is C16H14ClFN2O3. The molecule has 0 atom stereocenters. The first-order valence-electron chi connectivity index (χ1n) is 6.67. The summed E-state index contributed by atoms with van der Waals surface area (Å²) < 4.78 is 18.2. The van der Waals surface area contributed by atoms with Gasteiger partial charge in [-0.1, -0.05) is 23.7 Å². The SMILES string of the molecule is COc1ccc(F)cc1C(=O)NNC(=O)Cc1ccc(Cl)cc1. The van der Waals surface area contributed by atoms with E-state index in [2.05, 4.69) is 10.9 Å². The molecule has 0 aliphatic carbocycles. The molecule has 0 aliphatic heterocycles. The van der Waals surface area contributed by atoms with E-state index in [1.54, 1.807) is 24.3 Å². The van der Waals surface area contributed by atoms with E-state index in [0.29, 0.717) is 5.02 Å². The topological polar surface area (TPSA) is 67.4 Å². The van der Waals surface area contributed by atoms with Crippen molar-refractivity contribution in [2.75, 3.05) is 7.11 Å². The van der Waals surface area contributed by atoms with E-state index < -0.39 is 17.6 Å². The van der Waals surface area contributed by atoms with Crippen LogP contribution in [-0.4, -0.2) is 18.9 Å². The van der Waals surface area contributed by atoms with Gasteiger partial charge >= 0.3 is 0 Å². The normalized spacial score (nSPS) is 10.0. The number of carbonyl (C=O) groups excluding carboxylic acids is 2. The number of nitrogens with one attached hydrogen (secondary N) is 2. The van der Waals surface area contributed by atoms with Gasteiger partial charge in [0.05, 0.1) is 19.1 Å². The maximum atomic E-state index is 13.2. The van der Waals surface area contributed by atoms with Gasteiger partial charge in [0, 0.05) is 5.02 Å². The Kier molecular flexibility index (Phi) is 5.54. The highest BCUT2D eigenvalue weighted by atomic mass is 35.5. The quantitative estimate of drug-likeness (QED) is 0.843. The number of hydrogen-bond acceptors (Lipinski definition) is 3. The standard InChI is InChI=1S/C16H14ClFN2O3/c1-23-14-7-6-12(18)9-13(14)16(22)20-19-15(21)8-10-2-4-11(17)5-3-10/h2-7,9H,8H2,1H3,(H,19,21)(H,20,22). The van der Waals surface area contributed by atoms with Crippen molar-refractivity contribution in [3.8, 4) is 5.75 Å². The summed E-state index contributed by atoms with van der Waals surface area (Å²) in [7, 11) is 1.36. The zero-order valence-corrected chi connectivity index (χ0v) is 13.0. The van der Waals surface area contributed by atoms with Gasteiger partial charge in [-0.2, -0.15) is 0 Å². The molecule has 0 fully saturated rings. The van der Waals surface area contributed by atoms with Crippen molar-refractivity contribution in [3.05, 3.63) is 64.4 Å². The molecule has 2 aromatic rings. The molecule has 2 aromatic carbocycles. The fourth-order valence-electron chi connectivity index (χ4n) is 1.88. The third-order valence-corrected chi connectivity index (χ3v) is 3.25. The Morgan fingerprint density at radius 1 is 1.13 bits per heavy atom. The van der Waals surface area contributed by atoms with Crippen LogP contribution < -0.4 is 15.6 Å². The monoisotopic (exact) mass is 336 g/mol. The summed E-state index contributed by atoms with van der Waals surface area (Å²) >= 11 is 5.76. The Hall–Kier alpha value is -2.60. The fraction of sp³-hybridized carbons (Fsp3) is 0.125. The van der Waals surface area contributed by atoms with Gasteiger partial charge in [0.1, 0.15) is 11.6 Å². The number of rotatable bonds is 4. The summed E-state index contributed by atoms with van der Waals surface area (Å²) in [6, 6.07) is 10.3. The van der Waals surface area contributed by atoms with Crippen LogP contribution in [-0.2, 0) is 11.2 Å². The molecule has 0 spiro atoms. The van der Waals surface area contributed by atoms with Crippen molar-refractivity contribution >= 4 is 23.4 Å². The Bertz CT molecular complexity index is 720. The molecule has 5 nitrogen and oxygen atoms in total. The first-order chi connectivity index (χ1) is 11.0. The summed E-state index contributed by atoms with van der Waals surface area (Å²) in [5.74, 6) is -1.47. The Morgan fingerprint density at radius 3 is 2.48 bits per heavy atom. The van der Waals surface area contributed by atoms with E-state index in [1.165, 1.54) is 19.2 Å². The number of carbonyl (C=O) groups is 2. The molecular weight excluding hydrogens is 323 g/mol. The van der Waals surface area contributed by atoms with Crippen LogP contribution in [0.25, 0.3) is 0 Å². The van der Waals surface area contributed by atoms with Crippen LogP contribution >= 0.6 is 11.6 Å². The number of halogens is 2. The number of methoxy groups -OCH3 is 1. The maximum Gasteiger partial charge on any atom is 0.273 e.